The van der Waals surface area contributed by atoms with Gasteiger partial charge in [-0.15, -0.1) is 0 Å². The standard InChI is InChI=1S/C17H16BrN5O2/c1-10(2)22-17(24)23-12-4-3-5-13(7-12)25-16-14-6-11(18)8-19-15(14)20-9-21-16/h3-10H,1-2H3,(H2,22,23,24). The van der Waals surface area contributed by atoms with E-state index >= 15 is 0 Å². The molecule has 0 saturated carbocycles. The van der Waals surface area contributed by atoms with E-state index in [0.717, 1.165) is 4.47 Å². The van der Waals surface area contributed by atoms with Crippen molar-refractivity contribution in [3.8, 4) is 11.6 Å². The van der Waals surface area contributed by atoms with Crippen LogP contribution < -0.4 is 15.4 Å². The number of urea groups is 1. The Kier molecular flexibility index (Phi) is 5.08. The second-order valence-electron chi connectivity index (χ2n) is 5.59. The highest BCUT2D eigenvalue weighted by molar-refractivity contribution is 9.10. The quantitative estimate of drug-likeness (QED) is 0.686. The van der Waals surface area contributed by atoms with Gasteiger partial charge in [-0.1, -0.05) is 6.07 Å². The van der Waals surface area contributed by atoms with Crippen LogP contribution in [0.15, 0.2) is 47.3 Å². The minimum Gasteiger partial charge on any atom is -0.438 e. The Balaban J connectivity index is 1.83. The molecule has 8 heteroatoms. The zero-order valence-corrected chi connectivity index (χ0v) is 15.2. The summed E-state index contributed by atoms with van der Waals surface area (Å²) in [4.78, 5) is 24.3. The Morgan fingerprint density at radius 2 is 2.04 bits per heavy atom. The molecule has 0 aliphatic heterocycles. The number of amides is 2. The van der Waals surface area contributed by atoms with E-state index in [9.17, 15) is 4.79 Å². The van der Waals surface area contributed by atoms with Crippen LogP contribution in [0.5, 0.6) is 11.6 Å². The summed E-state index contributed by atoms with van der Waals surface area (Å²) >= 11 is 3.38. The zero-order valence-electron chi connectivity index (χ0n) is 13.7. The van der Waals surface area contributed by atoms with Gasteiger partial charge in [-0.05, 0) is 48.0 Å². The van der Waals surface area contributed by atoms with Gasteiger partial charge in [-0.25, -0.2) is 19.7 Å². The largest absolute Gasteiger partial charge is 0.438 e. The van der Waals surface area contributed by atoms with Crippen molar-refractivity contribution in [3.63, 3.8) is 0 Å². The maximum atomic E-state index is 11.8. The van der Waals surface area contributed by atoms with Gasteiger partial charge in [0.2, 0.25) is 5.88 Å². The number of hydrogen-bond donors (Lipinski definition) is 2. The highest BCUT2D eigenvalue weighted by Crippen LogP contribution is 2.28. The molecule has 128 valence electrons. The molecule has 0 fully saturated rings. The molecule has 2 amide bonds. The molecule has 0 aliphatic rings. The molecule has 0 unspecified atom stereocenters. The van der Waals surface area contributed by atoms with E-state index in [1.54, 1.807) is 30.5 Å². The molecule has 7 nitrogen and oxygen atoms in total. The molecule has 25 heavy (non-hydrogen) atoms. The summed E-state index contributed by atoms with van der Waals surface area (Å²) in [6.07, 6.45) is 3.06. The molecule has 0 aliphatic carbocycles. The summed E-state index contributed by atoms with van der Waals surface area (Å²) in [5, 5.41) is 6.22. The van der Waals surface area contributed by atoms with Gasteiger partial charge in [-0.2, -0.15) is 0 Å². The van der Waals surface area contributed by atoms with E-state index < -0.39 is 0 Å². The van der Waals surface area contributed by atoms with Gasteiger partial charge in [0.15, 0.2) is 5.65 Å². The van der Waals surface area contributed by atoms with Crippen LogP contribution in [0.4, 0.5) is 10.5 Å². The number of halogens is 1. The van der Waals surface area contributed by atoms with Crippen molar-refractivity contribution in [2.75, 3.05) is 5.32 Å². The van der Waals surface area contributed by atoms with Crippen molar-refractivity contribution in [3.05, 3.63) is 47.3 Å². The minimum absolute atomic E-state index is 0.0535. The lowest BCUT2D eigenvalue weighted by atomic mass is 10.3. The number of fused-ring (bicyclic) bond motifs is 1. The smallest absolute Gasteiger partial charge is 0.319 e. The fourth-order valence-electron chi connectivity index (χ4n) is 2.16. The van der Waals surface area contributed by atoms with Crippen molar-refractivity contribution in [1.29, 1.82) is 0 Å². The lowest BCUT2D eigenvalue weighted by Crippen LogP contribution is -2.34. The summed E-state index contributed by atoms with van der Waals surface area (Å²) in [5.74, 6) is 0.935. The van der Waals surface area contributed by atoms with Crippen LogP contribution in [-0.4, -0.2) is 27.0 Å². The molecule has 1 aromatic carbocycles. The maximum Gasteiger partial charge on any atom is 0.319 e. The molecule has 0 atom stereocenters. The summed E-state index contributed by atoms with van der Waals surface area (Å²) in [6.45, 7) is 3.79. The van der Waals surface area contributed by atoms with Crippen molar-refractivity contribution in [2.24, 2.45) is 0 Å². The third kappa shape index (κ3) is 4.42. The number of rotatable bonds is 4. The lowest BCUT2D eigenvalue weighted by molar-refractivity contribution is 0.250. The topological polar surface area (TPSA) is 89.0 Å². The Morgan fingerprint density at radius 1 is 1.20 bits per heavy atom. The van der Waals surface area contributed by atoms with E-state index in [4.69, 9.17) is 4.74 Å². The molecule has 0 radical (unpaired) electrons. The Labute approximate surface area is 153 Å². The first-order valence-corrected chi connectivity index (χ1v) is 8.42. The van der Waals surface area contributed by atoms with Gasteiger partial charge in [-0.3, -0.25) is 0 Å². The minimum atomic E-state index is -0.271. The summed E-state index contributed by atoms with van der Waals surface area (Å²) in [6, 6.07) is 8.70. The Hall–Kier alpha value is -2.74. The van der Waals surface area contributed by atoms with E-state index in [-0.39, 0.29) is 12.1 Å². The SMILES string of the molecule is CC(C)NC(=O)Nc1cccc(Oc2ncnc3ncc(Br)cc23)c1. The number of nitrogens with zero attached hydrogens (tertiary/aromatic N) is 3. The van der Waals surface area contributed by atoms with Gasteiger partial charge in [0.05, 0.1) is 5.39 Å². The number of aromatic nitrogens is 3. The van der Waals surface area contributed by atoms with Crippen molar-refractivity contribution < 1.29 is 9.53 Å². The fourth-order valence-corrected chi connectivity index (χ4v) is 2.49. The van der Waals surface area contributed by atoms with Crippen LogP contribution in [0.25, 0.3) is 11.0 Å². The van der Waals surface area contributed by atoms with Gasteiger partial charge in [0.1, 0.15) is 12.1 Å². The van der Waals surface area contributed by atoms with E-state index in [2.05, 4.69) is 41.5 Å². The fraction of sp³-hybridized carbons (Fsp3) is 0.176. The predicted molar refractivity (Wildman–Crippen MR) is 98.8 cm³/mol. The molecule has 0 spiro atoms. The number of hydrogen-bond acceptors (Lipinski definition) is 5. The number of ether oxygens (including phenoxy) is 1. The molecule has 3 aromatic rings. The Bertz CT molecular complexity index is 916. The first-order chi connectivity index (χ1) is 12.0. The van der Waals surface area contributed by atoms with E-state index in [1.165, 1.54) is 6.33 Å². The molecule has 2 aromatic heterocycles. The monoisotopic (exact) mass is 401 g/mol. The first kappa shape index (κ1) is 17.1. The molecule has 3 rings (SSSR count). The molecule has 2 N–H and O–H groups in total. The Morgan fingerprint density at radius 3 is 2.84 bits per heavy atom. The van der Waals surface area contributed by atoms with Gasteiger partial charge >= 0.3 is 6.03 Å². The van der Waals surface area contributed by atoms with Crippen molar-refractivity contribution >= 4 is 38.7 Å². The van der Waals surface area contributed by atoms with Crippen LogP contribution >= 0.6 is 15.9 Å². The number of anilines is 1. The molecule has 0 saturated heterocycles. The highest BCUT2D eigenvalue weighted by atomic mass is 79.9. The van der Waals surface area contributed by atoms with Crippen LogP contribution in [0, 0.1) is 0 Å². The zero-order chi connectivity index (χ0) is 17.8. The normalized spacial score (nSPS) is 10.7. The lowest BCUT2D eigenvalue weighted by Gasteiger charge is -2.11. The molecular formula is C17H16BrN5O2. The molecular weight excluding hydrogens is 386 g/mol. The number of benzene rings is 1. The van der Waals surface area contributed by atoms with Crippen LogP contribution in [0.2, 0.25) is 0 Å². The second-order valence-corrected chi connectivity index (χ2v) is 6.50. The third-order valence-electron chi connectivity index (χ3n) is 3.14. The average Bonchev–Trinajstić information content (AvgIpc) is 2.55. The second kappa shape index (κ2) is 7.43. The summed E-state index contributed by atoms with van der Waals surface area (Å²) in [7, 11) is 0. The first-order valence-electron chi connectivity index (χ1n) is 7.63. The summed E-state index contributed by atoms with van der Waals surface area (Å²) in [5.41, 5.74) is 1.16. The van der Waals surface area contributed by atoms with Crippen LogP contribution in [0.3, 0.4) is 0 Å². The van der Waals surface area contributed by atoms with E-state index in [1.807, 2.05) is 19.9 Å². The number of carbonyl (C=O) groups is 1. The maximum absolute atomic E-state index is 11.8. The third-order valence-corrected chi connectivity index (χ3v) is 3.58. The number of nitrogens with one attached hydrogen (secondary N) is 2. The highest BCUT2D eigenvalue weighted by Gasteiger charge is 2.09. The van der Waals surface area contributed by atoms with Gasteiger partial charge in [0, 0.05) is 28.5 Å². The predicted octanol–water partition coefficient (Wildman–Crippen LogP) is 4.11. The average molecular weight is 402 g/mol. The number of pyridine rings is 1. The van der Waals surface area contributed by atoms with Crippen LogP contribution in [0.1, 0.15) is 13.8 Å². The van der Waals surface area contributed by atoms with Crippen LogP contribution in [-0.2, 0) is 0 Å². The van der Waals surface area contributed by atoms with E-state index in [0.29, 0.717) is 28.4 Å². The molecule has 2 heterocycles. The molecule has 0 bridgehead atoms. The summed E-state index contributed by atoms with van der Waals surface area (Å²) < 4.78 is 6.67. The van der Waals surface area contributed by atoms with Gasteiger partial charge < -0.3 is 15.4 Å². The van der Waals surface area contributed by atoms with Crippen molar-refractivity contribution in [1.82, 2.24) is 20.3 Å². The van der Waals surface area contributed by atoms with Gasteiger partial charge in [0.25, 0.3) is 0 Å². The number of carbonyl (C=O) groups excluding carboxylic acids is 1. The van der Waals surface area contributed by atoms with Crippen molar-refractivity contribution in [2.45, 2.75) is 19.9 Å².